The van der Waals surface area contributed by atoms with E-state index < -0.39 is 45.8 Å². The van der Waals surface area contributed by atoms with Crippen LogP contribution in [0.1, 0.15) is 49.6 Å². The fourth-order valence-corrected chi connectivity index (χ4v) is 11.9. The zero-order valence-electron chi connectivity index (χ0n) is 37.7. The number of nitrogens with one attached hydrogen (secondary N) is 2. The van der Waals surface area contributed by atoms with Crippen LogP contribution in [0.25, 0.3) is 6.08 Å². The van der Waals surface area contributed by atoms with E-state index in [1.165, 1.54) is 39.5 Å². The molecule has 2 aromatic heterocycles. The first-order chi connectivity index (χ1) is 34.2. The van der Waals surface area contributed by atoms with Gasteiger partial charge >= 0.3 is 5.97 Å². The van der Waals surface area contributed by atoms with Crippen molar-refractivity contribution in [3.05, 3.63) is 243 Å². The van der Waals surface area contributed by atoms with Crippen molar-refractivity contribution in [2.45, 2.75) is 29.5 Å². The summed E-state index contributed by atoms with van der Waals surface area (Å²) in [5.74, 6) is -2.00. The molecule has 2 amide bonds. The quantitative estimate of drug-likeness (QED) is 0.0369. The average molecular weight is 980 g/mol. The Labute approximate surface area is 417 Å². The molecule has 0 spiro atoms. The van der Waals surface area contributed by atoms with E-state index in [0.29, 0.717) is 10.8 Å². The van der Waals surface area contributed by atoms with Crippen molar-refractivity contribution < 1.29 is 24.3 Å². The molecule has 8 aromatic rings. The lowest BCUT2D eigenvalue weighted by Crippen LogP contribution is -2.73. The number of aromatic nitrogens is 3. The smallest absolute Gasteiger partial charge is 0.316 e. The number of aliphatic carboxylic acids is 1. The molecule has 6 aromatic carbocycles. The van der Waals surface area contributed by atoms with E-state index in [2.05, 4.69) is 56.6 Å². The van der Waals surface area contributed by atoms with Crippen LogP contribution in [0, 0.1) is 12.3 Å². The molecule has 0 radical (unpaired) electrons. The average Bonchev–Trinajstić information content (AvgIpc) is 4.07. The molecule has 4 heterocycles. The van der Waals surface area contributed by atoms with Gasteiger partial charge in [-0.05, 0) is 41.2 Å². The monoisotopic (exact) mass is 979 g/mol. The number of nitrogens with zero attached hydrogens (tertiary/aromatic N) is 5. The van der Waals surface area contributed by atoms with Crippen molar-refractivity contribution in [2.24, 2.45) is 10.6 Å². The van der Waals surface area contributed by atoms with Gasteiger partial charge in [-0.15, -0.1) is 28.2 Å². The molecule has 15 heteroatoms. The number of rotatable bonds is 16. The van der Waals surface area contributed by atoms with Crippen molar-refractivity contribution in [3.8, 4) is 0 Å². The number of hydrogen-bond acceptors (Lipinski definition) is 12. The summed E-state index contributed by atoms with van der Waals surface area (Å²) < 4.78 is 3.96. The van der Waals surface area contributed by atoms with E-state index in [9.17, 15) is 14.7 Å². The highest BCUT2D eigenvalue weighted by Gasteiger charge is 2.57. The zero-order chi connectivity index (χ0) is 48.1. The van der Waals surface area contributed by atoms with Gasteiger partial charge in [-0.25, -0.2) is 4.98 Å². The normalized spacial score (nSPS) is 18.2. The number of carboxylic acid groups (broad SMARTS) is 1. The number of anilines is 1. The van der Waals surface area contributed by atoms with Crippen molar-refractivity contribution in [1.82, 2.24) is 24.8 Å². The fraction of sp³-hybridized carbons (Fsp3) is 0.145. The Kier molecular flexibility index (Phi) is 13.0. The second kappa shape index (κ2) is 19.7. The van der Waals surface area contributed by atoms with Gasteiger partial charge < -0.3 is 25.5 Å². The molecule has 2 aliphatic rings. The van der Waals surface area contributed by atoms with Gasteiger partial charge in [0.2, 0.25) is 11.5 Å². The van der Waals surface area contributed by atoms with Crippen molar-refractivity contribution >= 4 is 69.3 Å². The molecule has 3 atom stereocenters. The van der Waals surface area contributed by atoms with Gasteiger partial charge in [0.15, 0.2) is 10.8 Å². The van der Waals surface area contributed by atoms with Crippen molar-refractivity contribution in [3.63, 3.8) is 0 Å². The van der Waals surface area contributed by atoms with Crippen LogP contribution in [0.3, 0.4) is 0 Å². The summed E-state index contributed by atoms with van der Waals surface area (Å²) in [4.78, 5) is 56.3. The largest absolute Gasteiger partial charge is 0.481 e. The Morgan fingerprint density at radius 2 is 1.24 bits per heavy atom. The van der Waals surface area contributed by atoms with Crippen LogP contribution in [0.2, 0.25) is 0 Å². The second-order valence-corrected chi connectivity index (χ2v) is 19.7. The molecule has 2 saturated heterocycles. The number of oxime groups is 1. The number of fused-ring (bicyclic) bond motifs is 1. The van der Waals surface area contributed by atoms with Gasteiger partial charge in [0, 0.05) is 34.4 Å². The minimum atomic E-state index is -1.36. The predicted molar refractivity (Wildman–Crippen MR) is 275 cm³/mol. The van der Waals surface area contributed by atoms with Crippen LogP contribution in [0.4, 0.5) is 5.13 Å². The molecule has 2 aliphatic heterocycles. The number of benzene rings is 6. The van der Waals surface area contributed by atoms with E-state index in [4.69, 9.17) is 15.0 Å². The Hall–Kier alpha value is -7.72. The third-order valence-electron chi connectivity index (χ3n) is 12.8. The summed E-state index contributed by atoms with van der Waals surface area (Å²) >= 11 is 3.78. The Morgan fingerprint density at radius 3 is 1.70 bits per heavy atom. The van der Waals surface area contributed by atoms with Crippen LogP contribution in [-0.2, 0) is 30.4 Å². The van der Waals surface area contributed by atoms with Crippen molar-refractivity contribution in [1.29, 1.82) is 0 Å². The molecular weight excluding hydrogens is 935 g/mol. The first-order valence-electron chi connectivity index (χ1n) is 22.5. The van der Waals surface area contributed by atoms with Gasteiger partial charge in [-0.1, -0.05) is 198 Å². The first kappa shape index (κ1) is 46.0. The summed E-state index contributed by atoms with van der Waals surface area (Å²) in [5.41, 5.74) is 2.28. The number of amides is 2. The molecule has 0 aliphatic carbocycles. The van der Waals surface area contributed by atoms with E-state index in [-0.39, 0.29) is 23.7 Å². The number of carbonyl (C=O) groups is 3. The lowest BCUT2D eigenvalue weighted by molar-refractivity contribution is -0.156. The molecular formula is C55H45N7O5S3. The van der Waals surface area contributed by atoms with Gasteiger partial charge in [0.25, 0.3) is 5.91 Å². The Balaban J connectivity index is 1.05. The zero-order valence-corrected chi connectivity index (χ0v) is 40.1. The van der Waals surface area contributed by atoms with Crippen LogP contribution >= 0.6 is 34.6 Å². The Bertz CT molecular complexity index is 2980. The molecule has 70 heavy (non-hydrogen) atoms. The van der Waals surface area contributed by atoms with E-state index in [1.807, 2.05) is 146 Å². The second-order valence-electron chi connectivity index (χ2n) is 17.0. The van der Waals surface area contributed by atoms with Gasteiger partial charge in [-0.3, -0.25) is 14.4 Å². The maximum atomic E-state index is 15.1. The fourth-order valence-electron chi connectivity index (χ4n) is 9.11. The first-order valence-corrected chi connectivity index (χ1v) is 25.2. The molecule has 2 unspecified atom stereocenters. The highest BCUT2D eigenvalue weighted by molar-refractivity contribution is 8.00. The van der Waals surface area contributed by atoms with Gasteiger partial charge in [-0.2, -0.15) is 0 Å². The Morgan fingerprint density at radius 1 is 0.757 bits per heavy atom. The van der Waals surface area contributed by atoms with Crippen LogP contribution in [-0.4, -0.2) is 71.8 Å². The molecule has 348 valence electrons. The molecule has 2 fully saturated rings. The summed E-state index contributed by atoms with van der Waals surface area (Å²) in [6.07, 6.45) is 3.33. The number of carboxylic acids is 1. The van der Waals surface area contributed by atoms with Crippen molar-refractivity contribution in [2.75, 3.05) is 17.6 Å². The molecule has 0 saturated carbocycles. The maximum Gasteiger partial charge on any atom is 0.316 e. The number of carbonyl (C=O) groups excluding carboxylic acids is 2. The van der Waals surface area contributed by atoms with E-state index in [1.54, 1.807) is 24.5 Å². The van der Waals surface area contributed by atoms with Crippen LogP contribution in [0.15, 0.2) is 199 Å². The third kappa shape index (κ3) is 8.56. The topological polar surface area (TPSA) is 159 Å². The predicted octanol–water partition coefficient (Wildman–Crippen LogP) is 9.60. The highest BCUT2D eigenvalue weighted by Crippen LogP contribution is 2.45. The molecule has 0 bridgehead atoms. The third-order valence-corrected chi connectivity index (χ3v) is 15.8. The lowest BCUT2D eigenvalue weighted by atomic mass is 9.77. The lowest BCUT2D eigenvalue weighted by Gasteiger charge is -2.53. The van der Waals surface area contributed by atoms with Crippen LogP contribution in [0.5, 0.6) is 0 Å². The van der Waals surface area contributed by atoms with Gasteiger partial charge in [0.05, 0.1) is 10.6 Å². The molecule has 12 nitrogen and oxygen atoms in total. The SMILES string of the molecule is Cc1nnsc1C=CC1(C(=O)O)CS[C@@H]2C(NC(=O)C(=NOC(c3ccccc3)(c3ccccc3)c3ccccc3)c3csc(NC(c4ccccc4)(c4ccccc4)c4ccccc4)n3)C(=O)N2C1. The molecule has 10 rings (SSSR count). The number of aryl methyl sites for hydroxylation is 1. The van der Waals surface area contributed by atoms with Gasteiger partial charge in [0.1, 0.15) is 28.1 Å². The minimum Gasteiger partial charge on any atom is -0.481 e. The molecule has 3 N–H and O–H groups in total. The number of β-lactam (4-membered cyclic amide) rings is 1. The van der Waals surface area contributed by atoms with E-state index >= 15 is 4.79 Å². The summed E-state index contributed by atoms with van der Waals surface area (Å²) in [6, 6.07) is 58.5. The maximum absolute atomic E-state index is 15.1. The number of hydrogen-bond donors (Lipinski definition) is 3. The standard InChI is InChI=1S/C55H45N7O5S3/c1-37-45(70-61-59-37)32-33-53(51(65)66)35-62-49(64)47(50(62)69-36-53)57-48(63)46(60-67-55(41-26-14-5-15-27-41,42-28-16-6-17-29-42)43-30-18-7-19-31-43)44-34-68-52(56-44)58-54(38-20-8-2-9-21-38,39-22-10-3-11-23-39)40-24-12-4-13-25-40/h2-34,47,50H,35-36H2,1H3,(H,56,58)(H,57,63)(H,65,66)/t47?,50-,53?/m1/s1. The number of thioether (sulfide) groups is 1. The number of thiazole rings is 1. The summed E-state index contributed by atoms with van der Waals surface area (Å²) in [7, 11) is 0. The van der Waals surface area contributed by atoms with Crippen LogP contribution < -0.4 is 10.6 Å². The van der Waals surface area contributed by atoms with E-state index in [0.717, 1.165) is 38.3 Å². The highest BCUT2D eigenvalue weighted by atomic mass is 32.2. The summed E-state index contributed by atoms with van der Waals surface area (Å²) in [5, 5.41) is 27.9. The summed E-state index contributed by atoms with van der Waals surface area (Å²) in [6.45, 7) is 1.73. The minimum absolute atomic E-state index is 0.0715.